The van der Waals surface area contributed by atoms with Crippen molar-refractivity contribution in [3.63, 3.8) is 0 Å². The Morgan fingerprint density at radius 1 is 1.21 bits per heavy atom. The first-order valence-corrected chi connectivity index (χ1v) is 13.8. The predicted molar refractivity (Wildman–Crippen MR) is 135 cm³/mol. The van der Waals surface area contributed by atoms with Crippen molar-refractivity contribution in [2.75, 3.05) is 7.05 Å². The highest BCUT2D eigenvalue weighted by Gasteiger charge is 2.29. The zero-order chi connectivity index (χ0) is 23.6. The standard InChI is InChI=1S/C24H24BrN3O3S2/c1-3-15-28-21-14-11-18(25)16-22(21)32-24(28)26-23(29)17-9-12-20(13-10-17)33(30,31)27(2)19-7-5-4-6-8-19/h1,9-14,16,19H,4-8,15H2,2H3. The third kappa shape index (κ3) is 4.99. The number of benzene rings is 2. The lowest BCUT2D eigenvalue weighted by Gasteiger charge is -2.30. The maximum absolute atomic E-state index is 13.0. The van der Waals surface area contributed by atoms with Gasteiger partial charge in [0.15, 0.2) is 4.80 Å². The number of nitrogens with zero attached hydrogens (tertiary/aromatic N) is 3. The van der Waals surface area contributed by atoms with Gasteiger partial charge in [-0.2, -0.15) is 9.30 Å². The Bertz CT molecular complexity index is 1390. The topological polar surface area (TPSA) is 71.7 Å². The number of hydrogen-bond acceptors (Lipinski definition) is 4. The number of carbonyl (C=O) groups excluding carboxylic acids is 1. The molecule has 1 aliphatic rings. The molecule has 9 heteroatoms. The molecule has 0 N–H and O–H groups in total. The summed E-state index contributed by atoms with van der Waals surface area (Å²) < 4.78 is 31.3. The molecule has 0 spiro atoms. The zero-order valence-electron chi connectivity index (χ0n) is 18.2. The third-order valence-electron chi connectivity index (χ3n) is 5.96. The number of halogens is 1. The molecule has 6 nitrogen and oxygen atoms in total. The van der Waals surface area contributed by atoms with E-state index in [4.69, 9.17) is 6.42 Å². The van der Waals surface area contributed by atoms with Crippen LogP contribution in [0.2, 0.25) is 0 Å². The van der Waals surface area contributed by atoms with Gasteiger partial charge in [-0.15, -0.1) is 6.42 Å². The molecule has 1 fully saturated rings. The Hall–Kier alpha value is -2.25. The first-order chi connectivity index (χ1) is 15.8. The first kappa shape index (κ1) is 23.9. The van der Waals surface area contributed by atoms with Crippen molar-refractivity contribution < 1.29 is 13.2 Å². The molecule has 0 radical (unpaired) electrons. The van der Waals surface area contributed by atoms with Gasteiger partial charge in [0, 0.05) is 23.1 Å². The van der Waals surface area contributed by atoms with Crippen LogP contribution in [0, 0.1) is 12.3 Å². The summed E-state index contributed by atoms with van der Waals surface area (Å²) in [6.07, 6.45) is 10.5. The van der Waals surface area contributed by atoms with Crippen LogP contribution in [-0.2, 0) is 16.6 Å². The van der Waals surface area contributed by atoms with Crippen molar-refractivity contribution in [2.45, 2.75) is 49.6 Å². The Balaban J connectivity index is 1.62. The maximum atomic E-state index is 13.0. The second-order valence-electron chi connectivity index (χ2n) is 8.04. The fraction of sp³-hybridized carbons (Fsp3) is 0.333. The molecule has 0 unspecified atom stereocenters. The van der Waals surface area contributed by atoms with E-state index in [1.165, 1.54) is 39.9 Å². The molecule has 0 aliphatic heterocycles. The van der Waals surface area contributed by atoms with Crippen molar-refractivity contribution in [1.82, 2.24) is 8.87 Å². The number of aromatic nitrogens is 1. The van der Waals surface area contributed by atoms with E-state index >= 15 is 0 Å². The second kappa shape index (κ2) is 9.94. The van der Waals surface area contributed by atoms with Gasteiger partial charge in [-0.05, 0) is 55.3 Å². The number of carbonyl (C=O) groups is 1. The minimum atomic E-state index is -3.61. The van der Waals surface area contributed by atoms with E-state index in [-0.39, 0.29) is 10.9 Å². The lowest BCUT2D eigenvalue weighted by Crippen LogP contribution is -2.38. The van der Waals surface area contributed by atoms with Crippen LogP contribution in [0.5, 0.6) is 0 Å². The molecule has 4 rings (SSSR count). The van der Waals surface area contributed by atoms with Crippen molar-refractivity contribution >= 4 is 53.4 Å². The van der Waals surface area contributed by atoms with E-state index in [1.807, 2.05) is 22.8 Å². The van der Waals surface area contributed by atoms with Gasteiger partial charge in [0.1, 0.15) is 0 Å². The number of amides is 1. The molecule has 1 aromatic heterocycles. The summed E-state index contributed by atoms with van der Waals surface area (Å²) in [5, 5.41) is 0. The van der Waals surface area contributed by atoms with Gasteiger partial charge in [-0.25, -0.2) is 8.42 Å². The van der Waals surface area contributed by atoms with Crippen LogP contribution in [0.25, 0.3) is 10.2 Å². The molecule has 33 heavy (non-hydrogen) atoms. The largest absolute Gasteiger partial charge is 0.305 e. The molecule has 0 bridgehead atoms. The summed E-state index contributed by atoms with van der Waals surface area (Å²) in [5.41, 5.74) is 1.22. The van der Waals surface area contributed by atoms with Crippen LogP contribution >= 0.6 is 27.3 Å². The number of hydrogen-bond donors (Lipinski definition) is 0. The molecule has 0 saturated heterocycles. The van der Waals surface area contributed by atoms with Crippen LogP contribution in [-0.4, -0.2) is 36.3 Å². The highest BCUT2D eigenvalue weighted by atomic mass is 79.9. The smallest absolute Gasteiger partial charge is 0.279 e. The monoisotopic (exact) mass is 545 g/mol. The minimum absolute atomic E-state index is 0.0275. The van der Waals surface area contributed by atoms with Gasteiger partial charge in [0.2, 0.25) is 10.0 Å². The van der Waals surface area contributed by atoms with Crippen molar-refractivity contribution in [3.05, 3.63) is 57.3 Å². The van der Waals surface area contributed by atoms with E-state index in [1.54, 1.807) is 7.05 Å². The van der Waals surface area contributed by atoms with Gasteiger partial charge < -0.3 is 4.57 Å². The van der Waals surface area contributed by atoms with Crippen molar-refractivity contribution in [3.8, 4) is 12.3 Å². The van der Waals surface area contributed by atoms with E-state index in [9.17, 15) is 13.2 Å². The highest BCUT2D eigenvalue weighted by molar-refractivity contribution is 9.10. The SMILES string of the molecule is C#CCn1c(=NC(=O)c2ccc(S(=O)(=O)N(C)C3CCCCC3)cc2)sc2cc(Br)ccc21. The van der Waals surface area contributed by atoms with Crippen LogP contribution < -0.4 is 4.80 Å². The molecule has 1 heterocycles. The molecule has 172 valence electrons. The van der Waals surface area contributed by atoms with Gasteiger partial charge in [-0.3, -0.25) is 4.79 Å². The van der Waals surface area contributed by atoms with Crippen LogP contribution in [0.1, 0.15) is 42.5 Å². The lowest BCUT2D eigenvalue weighted by molar-refractivity contribution is 0.0998. The summed E-state index contributed by atoms with van der Waals surface area (Å²) in [4.78, 5) is 17.8. The maximum Gasteiger partial charge on any atom is 0.279 e. The second-order valence-corrected chi connectivity index (χ2v) is 12.0. The average molecular weight is 547 g/mol. The number of terminal acetylenes is 1. The zero-order valence-corrected chi connectivity index (χ0v) is 21.4. The van der Waals surface area contributed by atoms with Gasteiger partial charge in [0.25, 0.3) is 5.91 Å². The Kier molecular flexibility index (Phi) is 7.19. The van der Waals surface area contributed by atoms with Crippen LogP contribution in [0.15, 0.2) is 56.8 Å². The van der Waals surface area contributed by atoms with Crippen LogP contribution in [0.3, 0.4) is 0 Å². The van der Waals surface area contributed by atoms with E-state index in [0.29, 0.717) is 16.9 Å². The molecule has 1 saturated carbocycles. The average Bonchev–Trinajstić information content (AvgIpc) is 3.15. The molecule has 0 atom stereocenters. The summed E-state index contributed by atoms with van der Waals surface area (Å²) >= 11 is 4.83. The Labute approximate surface area is 206 Å². The Morgan fingerprint density at radius 2 is 1.91 bits per heavy atom. The summed E-state index contributed by atoms with van der Waals surface area (Å²) in [5.74, 6) is 2.16. The predicted octanol–water partition coefficient (Wildman–Crippen LogP) is 4.79. The number of thiazole rings is 1. The van der Waals surface area contributed by atoms with Gasteiger partial charge >= 0.3 is 0 Å². The number of sulfonamides is 1. The molecular formula is C24H24BrN3O3S2. The number of rotatable bonds is 5. The summed E-state index contributed by atoms with van der Waals surface area (Å²) in [6.45, 7) is 0.290. The Morgan fingerprint density at radius 3 is 2.58 bits per heavy atom. The van der Waals surface area contributed by atoms with E-state index in [2.05, 4.69) is 26.8 Å². The molecule has 2 aromatic carbocycles. The fourth-order valence-electron chi connectivity index (χ4n) is 4.10. The molecule has 1 aliphatic carbocycles. The number of fused-ring (bicyclic) bond motifs is 1. The third-order valence-corrected chi connectivity index (χ3v) is 9.42. The molecular weight excluding hydrogens is 522 g/mol. The first-order valence-electron chi connectivity index (χ1n) is 10.7. The normalized spacial score (nSPS) is 15.8. The summed E-state index contributed by atoms with van der Waals surface area (Å²) in [6, 6.07) is 11.8. The minimum Gasteiger partial charge on any atom is -0.305 e. The van der Waals surface area contributed by atoms with Gasteiger partial charge in [-0.1, -0.05) is 52.4 Å². The quantitative estimate of drug-likeness (QED) is 0.432. The van der Waals surface area contributed by atoms with E-state index < -0.39 is 15.9 Å². The van der Waals surface area contributed by atoms with E-state index in [0.717, 1.165) is 46.8 Å². The van der Waals surface area contributed by atoms with Crippen LogP contribution in [0.4, 0.5) is 0 Å². The molecule has 3 aromatic rings. The molecule has 1 amide bonds. The lowest BCUT2D eigenvalue weighted by atomic mass is 9.96. The van der Waals surface area contributed by atoms with Crippen molar-refractivity contribution in [2.24, 2.45) is 4.99 Å². The highest BCUT2D eigenvalue weighted by Crippen LogP contribution is 2.27. The fourth-order valence-corrected chi connectivity index (χ4v) is 7.10. The summed E-state index contributed by atoms with van der Waals surface area (Å²) in [7, 11) is -1.97. The van der Waals surface area contributed by atoms with Crippen molar-refractivity contribution in [1.29, 1.82) is 0 Å². The van der Waals surface area contributed by atoms with Gasteiger partial charge in [0.05, 0.1) is 21.7 Å².